The Kier molecular flexibility index (Phi) is 27.4. The second kappa shape index (κ2) is 28.2. The lowest BCUT2D eigenvalue weighted by molar-refractivity contribution is -0.137. The summed E-state index contributed by atoms with van der Waals surface area (Å²) in [5.41, 5.74) is 0. The lowest BCUT2D eigenvalue weighted by Gasteiger charge is -2.06. The number of ketones is 1. The first-order valence-electron chi connectivity index (χ1n) is 13.7. The number of aliphatic hydroxyl groups is 1. The number of carbonyl (C=O) groups excluding carboxylic acids is 1. The third-order valence-corrected chi connectivity index (χ3v) is 5.82. The van der Waals surface area contributed by atoms with Gasteiger partial charge < -0.3 is 24.4 Å². The number of hydrogen-bond acceptors (Lipinski definition) is 6. The maximum Gasteiger partial charge on any atom is 0.303 e. The number of Topliss-reactive ketones (excluding diaryl/α,β-unsaturated/α-hetero) is 1. The average Bonchev–Trinajstić information content (AvgIpc) is 2.82. The Morgan fingerprint density at radius 2 is 0.794 bits per heavy atom. The molecule has 0 bridgehead atoms. The van der Waals surface area contributed by atoms with Crippen molar-refractivity contribution in [3.63, 3.8) is 0 Å². The van der Waals surface area contributed by atoms with E-state index in [0.717, 1.165) is 32.1 Å². The molecule has 0 aromatic rings. The summed E-state index contributed by atoms with van der Waals surface area (Å²) in [5.74, 6) is -0.328. The van der Waals surface area contributed by atoms with Crippen LogP contribution in [0, 0.1) is 0 Å². The summed E-state index contributed by atoms with van der Waals surface area (Å²) >= 11 is 0. The number of ether oxygens (including phenoxy) is 3. The summed E-state index contributed by atoms with van der Waals surface area (Å²) < 4.78 is 15.9. The molecule has 0 radical (unpaired) electrons. The molecule has 0 amide bonds. The van der Waals surface area contributed by atoms with Gasteiger partial charge in [0.15, 0.2) is 0 Å². The molecule has 7 nitrogen and oxygen atoms in total. The number of hydrogen-bond donors (Lipinski definition) is 2. The van der Waals surface area contributed by atoms with Crippen LogP contribution in [0.2, 0.25) is 0 Å². The molecule has 0 unspecified atom stereocenters. The fourth-order valence-electron chi connectivity index (χ4n) is 3.82. The minimum atomic E-state index is -0.678. The molecule has 202 valence electrons. The highest BCUT2D eigenvalue weighted by Gasteiger charge is 2.02. The number of carboxylic acids is 1. The molecule has 0 atom stereocenters. The fraction of sp³-hybridized carbons (Fsp3) is 0.926. The number of aliphatic hydroxyl groups excluding tert-OH is 1. The van der Waals surface area contributed by atoms with Crippen molar-refractivity contribution in [1.29, 1.82) is 0 Å². The summed E-state index contributed by atoms with van der Waals surface area (Å²) in [7, 11) is 0. The van der Waals surface area contributed by atoms with Crippen LogP contribution in [0.3, 0.4) is 0 Å². The quantitative estimate of drug-likeness (QED) is 0.130. The molecule has 0 saturated carbocycles. The molecule has 0 heterocycles. The van der Waals surface area contributed by atoms with Crippen LogP contribution >= 0.6 is 0 Å². The normalized spacial score (nSPS) is 11.2. The van der Waals surface area contributed by atoms with E-state index >= 15 is 0 Å². The first-order valence-corrected chi connectivity index (χ1v) is 13.7. The molecular formula is C27H52O7. The molecule has 0 aromatic carbocycles. The Balaban J connectivity index is 3.15. The SMILES string of the molecule is O=C(O)CCCCCCCCCCCCCCCCC(=O)CCCOCCOCCOCCO. The number of carboxylic acid groups (broad SMARTS) is 1. The van der Waals surface area contributed by atoms with Crippen LogP contribution < -0.4 is 0 Å². The Morgan fingerprint density at radius 1 is 0.441 bits per heavy atom. The summed E-state index contributed by atoms with van der Waals surface area (Å²) in [4.78, 5) is 22.4. The van der Waals surface area contributed by atoms with E-state index in [-0.39, 0.29) is 6.61 Å². The maximum atomic E-state index is 11.9. The van der Waals surface area contributed by atoms with Gasteiger partial charge in [-0.3, -0.25) is 9.59 Å². The van der Waals surface area contributed by atoms with Gasteiger partial charge in [-0.2, -0.15) is 0 Å². The van der Waals surface area contributed by atoms with Crippen LogP contribution in [0.1, 0.15) is 116 Å². The van der Waals surface area contributed by atoms with Gasteiger partial charge in [0.2, 0.25) is 0 Å². The first-order chi connectivity index (χ1) is 16.7. The Morgan fingerprint density at radius 3 is 1.24 bits per heavy atom. The third kappa shape index (κ3) is 29.0. The van der Waals surface area contributed by atoms with E-state index in [9.17, 15) is 9.59 Å². The van der Waals surface area contributed by atoms with E-state index in [1.54, 1.807) is 0 Å². The lowest BCUT2D eigenvalue weighted by Crippen LogP contribution is -2.11. The Hall–Kier alpha value is -1.02. The van der Waals surface area contributed by atoms with Crippen LogP contribution in [0.15, 0.2) is 0 Å². The molecule has 34 heavy (non-hydrogen) atoms. The average molecular weight is 489 g/mol. The van der Waals surface area contributed by atoms with Crippen LogP contribution in [-0.2, 0) is 23.8 Å². The Labute approximate surface area is 207 Å². The topological polar surface area (TPSA) is 102 Å². The molecule has 7 heteroatoms. The standard InChI is InChI=1S/C27H52O7/c28-19-21-33-23-25-34-24-22-32-20-15-17-26(29)16-13-11-9-7-5-3-1-2-4-6-8-10-12-14-18-27(30)31/h28H,1-25H2,(H,30,31). The highest BCUT2D eigenvalue weighted by atomic mass is 16.5. The number of rotatable bonds is 29. The van der Waals surface area contributed by atoms with Gasteiger partial charge in [-0.05, 0) is 19.3 Å². The van der Waals surface area contributed by atoms with E-state index < -0.39 is 5.97 Å². The van der Waals surface area contributed by atoms with Crippen molar-refractivity contribution in [2.75, 3.05) is 46.2 Å². The molecule has 0 saturated heterocycles. The zero-order chi connectivity index (χ0) is 25.0. The van der Waals surface area contributed by atoms with Crippen molar-refractivity contribution < 1.29 is 34.0 Å². The minimum absolute atomic E-state index is 0.0329. The highest BCUT2D eigenvalue weighted by Crippen LogP contribution is 2.14. The third-order valence-electron chi connectivity index (χ3n) is 5.82. The van der Waals surface area contributed by atoms with Gasteiger partial charge in [-0.15, -0.1) is 0 Å². The monoisotopic (exact) mass is 488 g/mol. The predicted octanol–water partition coefficient (Wildman–Crippen LogP) is 5.70. The first kappa shape index (κ1) is 33.0. The van der Waals surface area contributed by atoms with Crippen LogP contribution in [-0.4, -0.2) is 68.2 Å². The second-order valence-corrected chi connectivity index (χ2v) is 9.05. The van der Waals surface area contributed by atoms with E-state index in [1.807, 2.05) is 0 Å². The van der Waals surface area contributed by atoms with Crippen molar-refractivity contribution in [1.82, 2.24) is 0 Å². The summed E-state index contributed by atoms with van der Waals surface area (Å²) in [6.45, 7) is 3.01. The van der Waals surface area contributed by atoms with Crippen molar-refractivity contribution in [2.24, 2.45) is 0 Å². The van der Waals surface area contributed by atoms with Gasteiger partial charge in [0, 0.05) is 25.9 Å². The lowest BCUT2D eigenvalue weighted by atomic mass is 10.0. The summed E-state index contributed by atoms with van der Waals surface area (Å²) in [6, 6.07) is 0. The van der Waals surface area contributed by atoms with Gasteiger partial charge in [-0.25, -0.2) is 0 Å². The van der Waals surface area contributed by atoms with Crippen molar-refractivity contribution in [3.8, 4) is 0 Å². The minimum Gasteiger partial charge on any atom is -0.481 e. The maximum absolute atomic E-state index is 11.9. The van der Waals surface area contributed by atoms with E-state index in [2.05, 4.69) is 0 Å². The summed E-state index contributed by atoms with van der Waals surface area (Å²) in [6.07, 6.45) is 19.2. The molecule has 0 aliphatic heterocycles. The molecule has 0 aromatic heterocycles. The van der Waals surface area contributed by atoms with Crippen molar-refractivity contribution >= 4 is 11.8 Å². The molecule has 2 N–H and O–H groups in total. The molecule has 0 aliphatic rings. The van der Waals surface area contributed by atoms with E-state index in [0.29, 0.717) is 64.7 Å². The predicted molar refractivity (Wildman–Crippen MR) is 135 cm³/mol. The number of aliphatic carboxylic acids is 1. The highest BCUT2D eigenvalue weighted by molar-refractivity contribution is 5.78. The smallest absolute Gasteiger partial charge is 0.303 e. The van der Waals surface area contributed by atoms with E-state index in [1.165, 1.54) is 64.2 Å². The largest absolute Gasteiger partial charge is 0.481 e. The van der Waals surface area contributed by atoms with Crippen LogP contribution in [0.5, 0.6) is 0 Å². The zero-order valence-electron chi connectivity index (χ0n) is 21.6. The van der Waals surface area contributed by atoms with Crippen LogP contribution in [0.25, 0.3) is 0 Å². The molecule has 0 aliphatic carbocycles. The summed E-state index contributed by atoms with van der Waals surface area (Å²) in [5, 5.41) is 17.2. The number of carbonyl (C=O) groups is 2. The second-order valence-electron chi connectivity index (χ2n) is 9.05. The van der Waals surface area contributed by atoms with Gasteiger partial charge >= 0.3 is 5.97 Å². The number of unbranched alkanes of at least 4 members (excludes halogenated alkanes) is 13. The zero-order valence-corrected chi connectivity index (χ0v) is 21.6. The van der Waals surface area contributed by atoms with Gasteiger partial charge in [0.1, 0.15) is 5.78 Å². The van der Waals surface area contributed by atoms with Gasteiger partial charge in [-0.1, -0.05) is 77.0 Å². The molecule has 0 rings (SSSR count). The van der Waals surface area contributed by atoms with Crippen molar-refractivity contribution in [3.05, 3.63) is 0 Å². The fourth-order valence-corrected chi connectivity index (χ4v) is 3.82. The van der Waals surface area contributed by atoms with Crippen molar-refractivity contribution in [2.45, 2.75) is 116 Å². The Bertz CT molecular complexity index is 443. The van der Waals surface area contributed by atoms with Gasteiger partial charge in [0.25, 0.3) is 0 Å². The molecular weight excluding hydrogens is 436 g/mol. The van der Waals surface area contributed by atoms with Gasteiger partial charge in [0.05, 0.1) is 39.6 Å². The van der Waals surface area contributed by atoms with E-state index in [4.69, 9.17) is 24.4 Å². The van der Waals surface area contributed by atoms with Crippen LogP contribution in [0.4, 0.5) is 0 Å². The molecule has 0 fully saturated rings. The molecule has 0 spiro atoms.